The molecular weight excluding hydrogens is 181 g/mol. The molecule has 82 valence electrons. The van der Waals surface area contributed by atoms with E-state index in [2.05, 4.69) is 5.32 Å². The Balaban J connectivity index is 2.32. The lowest BCUT2D eigenvalue weighted by atomic mass is 9.86. The summed E-state index contributed by atoms with van der Waals surface area (Å²) in [6.45, 7) is 3.84. The molecule has 0 spiro atoms. The topological polar surface area (TPSA) is 29.1 Å². The van der Waals surface area contributed by atoms with Gasteiger partial charge in [-0.2, -0.15) is 0 Å². The smallest absolute Gasteiger partial charge is 0.222 e. The molecule has 1 aliphatic carbocycles. The molecule has 1 amide bonds. The van der Waals surface area contributed by atoms with Gasteiger partial charge in [-0.1, -0.05) is 33.1 Å². The van der Waals surface area contributed by atoms with E-state index in [9.17, 15) is 9.18 Å². The summed E-state index contributed by atoms with van der Waals surface area (Å²) in [5.74, 6) is -0.102. The Morgan fingerprint density at radius 2 is 1.93 bits per heavy atom. The van der Waals surface area contributed by atoms with E-state index in [1.807, 2.05) is 13.8 Å². The minimum atomic E-state index is -1.14. The van der Waals surface area contributed by atoms with Crippen molar-refractivity contribution in [3.63, 3.8) is 0 Å². The number of rotatable bonds is 3. The Labute approximate surface area is 85.3 Å². The van der Waals surface area contributed by atoms with Gasteiger partial charge in [0.15, 0.2) is 0 Å². The standard InChI is InChI=1S/C11H20FNO/c1-9(2)10(14)13-8-11(12)6-4-3-5-7-11/h9H,3-8H2,1-2H3,(H,13,14). The van der Waals surface area contributed by atoms with Crippen molar-refractivity contribution in [3.8, 4) is 0 Å². The fraction of sp³-hybridized carbons (Fsp3) is 0.909. The highest BCUT2D eigenvalue weighted by Gasteiger charge is 2.31. The normalized spacial score (nSPS) is 20.9. The summed E-state index contributed by atoms with van der Waals surface area (Å²) >= 11 is 0. The van der Waals surface area contributed by atoms with Crippen LogP contribution < -0.4 is 5.32 Å². The van der Waals surface area contributed by atoms with Crippen molar-refractivity contribution >= 4 is 5.91 Å². The van der Waals surface area contributed by atoms with Crippen LogP contribution in [0.1, 0.15) is 46.0 Å². The summed E-state index contributed by atoms with van der Waals surface area (Å²) in [5.41, 5.74) is -1.14. The first-order chi connectivity index (χ1) is 6.53. The Morgan fingerprint density at radius 3 is 2.43 bits per heavy atom. The quantitative estimate of drug-likeness (QED) is 0.746. The summed E-state index contributed by atoms with van der Waals surface area (Å²) in [4.78, 5) is 11.2. The van der Waals surface area contributed by atoms with Crippen molar-refractivity contribution in [3.05, 3.63) is 0 Å². The molecule has 1 N–H and O–H groups in total. The van der Waals surface area contributed by atoms with Gasteiger partial charge in [-0.3, -0.25) is 4.79 Å². The number of hydrogen-bond donors (Lipinski definition) is 1. The maximum Gasteiger partial charge on any atom is 0.222 e. The summed E-state index contributed by atoms with van der Waals surface area (Å²) < 4.78 is 14.0. The van der Waals surface area contributed by atoms with Gasteiger partial charge in [-0.15, -0.1) is 0 Å². The van der Waals surface area contributed by atoms with Gasteiger partial charge in [0.2, 0.25) is 5.91 Å². The maximum atomic E-state index is 14.0. The second-order valence-corrected chi connectivity index (χ2v) is 4.58. The molecule has 1 aliphatic rings. The average molecular weight is 201 g/mol. The molecule has 0 aromatic heterocycles. The molecule has 0 aliphatic heterocycles. The summed E-state index contributed by atoms with van der Waals surface area (Å²) in [7, 11) is 0. The third-order valence-corrected chi connectivity index (χ3v) is 2.85. The zero-order valence-corrected chi connectivity index (χ0v) is 9.11. The van der Waals surface area contributed by atoms with Crippen LogP contribution in [0.15, 0.2) is 0 Å². The molecule has 3 heteroatoms. The van der Waals surface area contributed by atoms with Crippen LogP contribution in [0.4, 0.5) is 4.39 Å². The lowest BCUT2D eigenvalue weighted by molar-refractivity contribution is -0.124. The summed E-state index contributed by atoms with van der Waals surface area (Å²) in [5, 5.41) is 2.68. The molecule has 0 radical (unpaired) electrons. The Morgan fingerprint density at radius 1 is 1.36 bits per heavy atom. The largest absolute Gasteiger partial charge is 0.353 e. The first-order valence-corrected chi connectivity index (χ1v) is 5.50. The molecule has 1 saturated carbocycles. The van der Waals surface area contributed by atoms with Gasteiger partial charge >= 0.3 is 0 Å². The van der Waals surface area contributed by atoms with Crippen molar-refractivity contribution in [2.45, 2.75) is 51.6 Å². The van der Waals surface area contributed by atoms with Gasteiger partial charge in [0.1, 0.15) is 5.67 Å². The Hall–Kier alpha value is -0.600. The van der Waals surface area contributed by atoms with Crippen molar-refractivity contribution in [2.75, 3.05) is 6.54 Å². The Bertz CT molecular complexity index is 197. The molecule has 14 heavy (non-hydrogen) atoms. The van der Waals surface area contributed by atoms with Crippen LogP contribution in [-0.2, 0) is 4.79 Å². The zero-order chi connectivity index (χ0) is 10.6. The minimum Gasteiger partial charge on any atom is -0.353 e. The van der Waals surface area contributed by atoms with E-state index in [-0.39, 0.29) is 18.4 Å². The van der Waals surface area contributed by atoms with E-state index in [1.165, 1.54) is 0 Å². The molecule has 2 nitrogen and oxygen atoms in total. The number of alkyl halides is 1. The van der Waals surface area contributed by atoms with Gasteiger partial charge in [0, 0.05) is 5.92 Å². The van der Waals surface area contributed by atoms with Crippen LogP contribution in [-0.4, -0.2) is 18.1 Å². The van der Waals surface area contributed by atoms with Gasteiger partial charge in [0.25, 0.3) is 0 Å². The van der Waals surface area contributed by atoms with Crippen molar-refractivity contribution in [2.24, 2.45) is 5.92 Å². The van der Waals surface area contributed by atoms with Crippen LogP contribution in [0.3, 0.4) is 0 Å². The van der Waals surface area contributed by atoms with E-state index in [0.717, 1.165) is 19.3 Å². The molecule has 0 bridgehead atoms. The Kier molecular flexibility index (Phi) is 3.90. The van der Waals surface area contributed by atoms with E-state index < -0.39 is 5.67 Å². The molecule has 0 heterocycles. The number of nitrogens with one attached hydrogen (secondary N) is 1. The van der Waals surface area contributed by atoms with Gasteiger partial charge in [-0.05, 0) is 12.8 Å². The fourth-order valence-electron chi connectivity index (χ4n) is 1.81. The highest BCUT2D eigenvalue weighted by atomic mass is 19.1. The number of carbonyl (C=O) groups is 1. The zero-order valence-electron chi connectivity index (χ0n) is 9.11. The van der Waals surface area contributed by atoms with E-state index >= 15 is 0 Å². The summed E-state index contributed by atoms with van der Waals surface area (Å²) in [6, 6.07) is 0. The van der Waals surface area contributed by atoms with Gasteiger partial charge < -0.3 is 5.32 Å². The predicted octanol–water partition coefficient (Wildman–Crippen LogP) is 2.43. The van der Waals surface area contributed by atoms with Crippen LogP contribution in [0.2, 0.25) is 0 Å². The second kappa shape index (κ2) is 4.76. The first-order valence-electron chi connectivity index (χ1n) is 5.50. The lowest BCUT2D eigenvalue weighted by Gasteiger charge is -2.29. The van der Waals surface area contributed by atoms with Crippen LogP contribution in [0.25, 0.3) is 0 Å². The number of hydrogen-bond acceptors (Lipinski definition) is 1. The second-order valence-electron chi connectivity index (χ2n) is 4.58. The number of carbonyl (C=O) groups excluding carboxylic acids is 1. The third kappa shape index (κ3) is 3.28. The van der Waals surface area contributed by atoms with Crippen molar-refractivity contribution in [1.29, 1.82) is 0 Å². The molecule has 0 aromatic rings. The third-order valence-electron chi connectivity index (χ3n) is 2.85. The number of amides is 1. The molecule has 1 fully saturated rings. The van der Waals surface area contributed by atoms with Crippen LogP contribution in [0.5, 0.6) is 0 Å². The van der Waals surface area contributed by atoms with E-state index in [1.54, 1.807) is 0 Å². The highest BCUT2D eigenvalue weighted by molar-refractivity contribution is 5.77. The van der Waals surface area contributed by atoms with Gasteiger partial charge in [-0.25, -0.2) is 4.39 Å². The molecule has 0 aromatic carbocycles. The van der Waals surface area contributed by atoms with Crippen molar-refractivity contribution in [1.82, 2.24) is 5.32 Å². The van der Waals surface area contributed by atoms with Crippen LogP contribution in [0, 0.1) is 5.92 Å². The van der Waals surface area contributed by atoms with Crippen molar-refractivity contribution < 1.29 is 9.18 Å². The average Bonchev–Trinajstić information content (AvgIpc) is 2.15. The summed E-state index contributed by atoms with van der Waals surface area (Å²) in [6.07, 6.45) is 4.24. The van der Waals surface area contributed by atoms with Gasteiger partial charge in [0.05, 0.1) is 6.54 Å². The minimum absolute atomic E-state index is 0.0485. The predicted molar refractivity (Wildman–Crippen MR) is 54.8 cm³/mol. The fourth-order valence-corrected chi connectivity index (χ4v) is 1.81. The molecule has 0 saturated heterocycles. The first kappa shape index (κ1) is 11.5. The molecule has 1 rings (SSSR count). The highest BCUT2D eigenvalue weighted by Crippen LogP contribution is 2.30. The van der Waals surface area contributed by atoms with E-state index in [4.69, 9.17) is 0 Å². The maximum absolute atomic E-state index is 14.0. The SMILES string of the molecule is CC(C)C(=O)NCC1(F)CCCCC1. The van der Waals surface area contributed by atoms with Crippen LogP contribution >= 0.6 is 0 Å². The molecule has 0 unspecified atom stereocenters. The molecular formula is C11H20FNO. The number of halogens is 1. The monoisotopic (exact) mass is 201 g/mol. The lowest BCUT2D eigenvalue weighted by Crippen LogP contribution is -2.42. The molecule has 0 atom stereocenters. The van der Waals surface area contributed by atoms with E-state index in [0.29, 0.717) is 12.8 Å².